The van der Waals surface area contributed by atoms with Gasteiger partial charge in [0.1, 0.15) is 11.5 Å². The topological polar surface area (TPSA) is 71.7 Å². The average Bonchev–Trinajstić information content (AvgIpc) is 3.35. The zero-order valence-electron chi connectivity index (χ0n) is 33.5. The molecule has 62 heavy (non-hydrogen) atoms. The molecule has 5 nitrogen and oxygen atoms in total. The Morgan fingerprint density at radius 3 is 1.39 bits per heavy atom. The Balaban J connectivity index is 1.01. The van der Waals surface area contributed by atoms with Crippen LogP contribution in [0, 0.1) is 11.3 Å². The molecule has 9 aromatic carbocycles. The Kier molecular flexibility index (Phi) is 9.03. The molecular formula is C57H36N4O. The van der Waals surface area contributed by atoms with Crippen LogP contribution in [-0.4, -0.2) is 15.0 Å². The van der Waals surface area contributed by atoms with E-state index in [1.54, 1.807) is 12.1 Å². The highest BCUT2D eigenvalue weighted by molar-refractivity contribution is 5.88. The third-order valence-electron chi connectivity index (χ3n) is 11.9. The van der Waals surface area contributed by atoms with Crippen molar-refractivity contribution in [1.29, 1.82) is 5.26 Å². The second kappa shape index (κ2) is 15.3. The number of fused-ring (bicyclic) bond motifs is 3. The largest absolute Gasteiger partial charge is 0.457 e. The first-order valence-electron chi connectivity index (χ1n) is 20.6. The number of rotatable bonds is 7. The van der Waals surface area contributed by atoms with Gasteiger partial charge in [0.05, 0.1) is 17.0 Å². The molecule has 0 unspecified atom stereocenters. The van der Waals surface area contributed by atoms with Gasteiger partial charge in [0.15, 0.2) is 17.5 Å². The number of hydrogen-bond acceptors (Lipinski definition) is 5. The van der Waals surface area contributed by atoms with Crippen molar-refractivity contribution in [3.8, 4) is 74.0 Å². The lowest BCUT2D eigenvalue weighted by Gasteiger charge is -2.42. The smallest absolute Gasteiger partial charge is 0.164 e. The summed E-state index contributed by atoms with van der Waals surface area (Å²) in [7, 11) is 0. The highest BCUT2D eigenvalue weighted by Gasteiger charge is 2.45. The van der Waals surface area contributed by atoms with Crippen molar-refractivity contribution in [2.45, 2.75) is 5.41 Å². The fourth-order valence-electron chi connectivity index (χ4n) is 8.88. The van der Waals surface area contributed by atoms with E-state index >= 15 is 0 Å². The van der Waals surface area contributed by atoms with Gasteiger partial charge in [-0.05, 0) is 98.8 Å². The lowest BCUT2D eigenvalue weighted by atomic mass is 9.63. The molecule has 0 fully saturated rings. The molecule has 10 aromatic rings. The summed E-state index contributed by atoms with van der Waals surface area (Å²) in [5, 5.41) is 11.7. The van der Waals surface area contributed by atoms with E-state index < -0.39 is 5.41 Å². The maximum atomic E-state index is 9.40. The van der Waals surface area contributed by atoms with Crippen LogP contribution >= 0.6 is 0 Å². The van der Waals surface area contributed by atoms with Crippen LogP contribution in [0.25, 0.3) is 67.2 Å². The summed E-state index contributed by atoms with van der Waals surface area (Å²) < 4.78 is 6.99. The van der Waals surface area contributed by atoms with E-state index in [1.807, 2.05) is 54.6 Å². The molecule has 1 aliphatic rings. The van der Waals surface area contributed by atoms with E-state index in [-0.39, 0.29) is 0 Å². The van der Waals surface area contributed by atoms with Gasteiger partial charge in [-0.15, -0.1) is 0 Å². The molecule has 0 bridgehead atoms. The minimum Gasteiger partial charge on any atom is -0.457 e. The van der Waals surface area contributed by atoms with E-state index in [2.05, 4.69) is 158 Å². The highest BCUT2D eigenvalue weighted by Crippen LogP contribution is 2.56. The summed E-state index contributed by atoms with van der Waals surface area (Å²) in [6.07, 6.45) is 0. The van der Waals surface area contributed by atoms with Crippen LogP contribution in [0.3, 0.4) is 0 Å². The first kappa shape index (κ1) is 36.6. The van der Waals surface area contributed by atoms with Gasteiger partial charge in [-0.2, -0.15) is 5.26 Å². The van der Waals surface area contributed by atoms with E-state index in [9.17, 15) is 5.26 Å². The molecule has 0 aliphatic carbocycles. The van der Waals surface area contributed by atoms with Crippen LogP contribution in [0.2, 0.25) is 0 Å². The van der Waals surface area contributed by atoms with Gasteiger partial charge in [-0.1, -0.05) is 164 Å². The van der Waals surface area contributed by atoms with E-state index in [0.717, 1.165) is 67.0 Å². The van der Waals surface area contributed by atoms with Crippen LogP contribution in [0.1, 0.15) is 27.8 Å². The molecule has 5 heteroatoms. The van der Waals surface area contributed by atoms with E-state index in [1.165, 1.54) is 16.5 Å². The molecule has 0 saturated carbocycles. The summed E-state index contributed by atoms with van der Waals surface area (Å²) in [6, 6.07) is 77.7. The Morgan fingerprint density at radius 2 is 0.790 bits per heavy atom. The van der Waals surface area contributed by atoms with Gasteiger partial charge in [0, 0.05) is 27.8 Å². The SMILES string of the molecule is N#Cc1ccc(-c2nc(-c3ccccc3)nc(-c3cccc(-c4cccc(-c5ccc6c(c5)Oc5cc7ccccc7cc5C6(c5ccccc5)c5ccccc5)c4)c3)n2)cc1. The zero-order chi connectivity index (χ0) is 41.5. The monoisotopic (exact) mass is 792 g/mol. The summed E-state index contributed by atoms with van der Waals surface area (Å²) >= 11 is 0. The van der Waals surface area contributed by atoms with Gasteiger partial charge < -0.3 is 4.74 Å². The van der Waals surface area contributed by atoms with Gasteiger partial charge in [-0.3, -0.25) is 0 Å². The van der Waals surface area contributed by atoms with E-state index in [0.29, 0.717) is 23.0 Å². The first-order valence-corrected chi connectivity index (χ1v) is 20.6. The van der Waals surface area contributed by atoms with Crippen molar-refractivity contribution in [2.75, 3.05) is 0 Å². The number of benzene rings is 9. The van der Waals surface area contributed by atoms with Crippen molar-refractivity contribution in [3.63, 3.8) is 0 Å². The van der Waals surface area contributed by atoms with Gasteiger partial charge >= 0.3 is 0 Å². The Labute approximate surface area is 359 Å². The molecule has 0 saturated heterocycles. The number of aromatic nitrogens is 3. The molecule has 1 aromatic heterocycles. The van der Waals surface area contributed by atoms with Crippen molar-refractivity contribution in [1.82, 2.24) is 15.0 Å². The zero-order valence-corrected chi connectivity index (χ0v) is 33.5. The third kappa shape index (κ3) is 6.39. The van der Waals surface area contributed by atoms with Gasteiger partial charge in [0.2, 0.25) is 0 Å². The Hall–Kier alpha value is -8.46. The predicted octanol–water partition coefficient (Wildman–Crippen LogP) is 13.7. The molecule has 2 heterocycles. The second-order valence-corrected chi connectivity index (χ2v) is 15.5. The summed E-state index contributed by atoms with van der Waals surface area (Å²) in [6.45, 7) is 0. The molecular weight excluding hydrogens is 757 g/mol. The number of hydrogen-bond donors (Lipinski definition) is 0. The molecule has 290 valence electrons. The minimum atomic E-state index is -0.619. The highest BCUT2D eigenvalue weighted by atomic mass is 16.5. The quantitative estimate of drug-likeness (QED) is 0.161. The second-order valence-electron chi connectivity index (χ2n) is 15.5. The van der Waals surface area contributed by atoms with Crippen LogP contribution in [0.5, 0.6) is 11.5 Å². The van der Waals surface area contributed by atoms with Crippen molar-refractivity contribution < 1.29 is 4.74 Å². The fraction of sp³-hybridized carbons (Fsp3) is 0.0175. The van der Waals surface area contributed by atoms with Crippen molar-refractivity contribution in [3.05, 3.63) is 246 Å². The van der Waals surface area contributed by atoms with Crippen LogP contribution in [-0.2, 0) is 5.41 Å². The maximum absolute atomic E-state index is 9.40. The fourth-order valence-corrected chi connectivity index (χ4v) is 8.88. The first-order chi connectivity index (χ1) is 30.6. The minimum absolute atomic E-state index is 0.541. The standard InChI is InChI=1S/C57H36N4O/c58-37-38-26-28-40(29-27-38)55-59-54(39-14-4-1-5-15-39)60-56(61-55)47-21-13-20-43(33-47)41-18-12-19-42(32-41)46-30-31-50-52(36-46)62-53-35-45-17-11-10-16-44(45)34-51(53)57(50,48-22-6-2-7-23-48)49-24-8-3-9-25-49/h1-36H. The van der Waals surface area contributed by atoms with Crippen molar-refractivity contribution >= 4 is 10.8 Å². The van der Waals surface area contributed by atoms with Crippen LogP contribution in [0.4, 0.5) is 0 Å². The molecule has 0 atom stereocenters. The Bertz CT molecular complexity index is 3280. The van der Waals surface area contributed by atoms with Crippen LogP contribution in [0.15, 0.2) is 218 Å². The van der Waals surface area contributed by atoms with Crippen LogP contribution < -0.4 is 4.74 Å². The van der Waals surface area contributed by atoms with Gasteiger partial charge in [0.25, 0.3) is 0 Å². The van der Waals surface area contributed by atoms with Crippen molar-refractivity contribution in [2.24, 2.45) is 0 Å². The number of nitriles is 1. The van der Waals surface area contributed by atoms with E-state index in [4.69, 9.17) is 19.7 Å². The lowest BCUT2D eigenvalue weighted by Crippen LogP contribution is -2.34. The molecule has 0 N–H and O–H groups in total. The number of nitrogens with zero attached hydrogens (tertiary/aromatic N) is 4. The Morgan fingerprint density at radius 1 is 0.355 bits per heavy atom. The maximum Gasteiger partial charge on any atom is 0.164 e. The normalized spacial score (nSPS) is 12.4. The molecule has 0 radical (unpaired) electrons. The molecule has 0 amide bonds. The lowest BCUT2D eigenvalue weighted by molar-refractivity contribution is 0.435. The third-order valence-corrected chi connectivity index (χ3v) is 11.9. The summed E-state index contributed by atoms with van der Waals surface area (Å²) in [5.74, 6) is 3.36. The molecule has 1 aliphatic heterocycles. The molecule has 11 rings (SSSR count). The number of ether oxygens (including phenoxy) is 1. The van der Waals surface area contributed by atoms with Gasteiger partial charge in [-0.25, -0.2) is 15.0 Å². The molecule has 0 spiro atoms. The average molecular weight is 793 g/mol. The summed E-state index contributed by atoms with van der Waals surface area (Å²) in [4.78, 5) is 14.8. The summed E-state index contributed by atoms with van der Waals surface area (Å²) in [5.41, 5.74) is 11.3. The predicted molar refractivity (Wildman–Crippen MR) is 248 cm³/mol.